The number of hydrogen-bond acceptors (Lipinski definition) is 5. The predicted molar refractivity (Wildman–Crippen MR) is 67.1 cm³/mol. The molecule has 2 rings (SSSR count). The Kier molecular flexibility index (Phi) is 4.14. The van der Waals surface area contributed by atoms with Gasteiger partial charge in [-0.25, -0.2) is 9.97 Å². The number of nitrogens with two attached hydrogens (primary N) is 1. The first-order valence-corrected chi connectivity index (χ1v) is 6.26. The van der Waals surface area contributed by atoms with Gasteiger partial charge in [-0.05, 0) is 19.8 Å². The molecule has 1 aliphatic carbocycles. The Morgan fingerprint density at radius 3 is 3.00 bits per heavy atom. The molecule has 1 aliphatic rings. The highest BCUT2D eigenvalue weighted by molar-refractivity contribution is 5.38. The second kappa shape index (κ2) is 5.82. The van der Waals surface area contributed by atoms with Gasteiger partial charge in [-0.1, -0.05) is 12.8 Å². The summed E-state index contributed by atoms with van der Waals surface area (Å²) in [5.74, 6) is 1.40. The molecule has 2 atom stereocenters. The van der Waals surface area contributed by atoms with Gasteiger partial charge in [0.25, 0.3) is 0 Å². The van der Waals surface area contributed by atoms with Crippen molar-refractivity contribution >= 4 is 5.82 Å². The van der Waals surface area contributed by atoms with Crippen molar-refractivity contribution in [2.24, 2.45) is 5.73 Å². The topological polar surface area (TPSA) is 73.1 Å². The van der Waals surface area contributed by atoms with Crippen molar-refractivity contribution in [1.82, 2.24) is 9.97 Å². The van der Waals surface area contributed by atoms with E-state index < -0.39 is 0 Å². The first kappa shape index (κ1) is 12.1. The van der Waals surface area contributed by atoms with Crippen LogP contribution in [0.25, 0.3) is 0 Å². The third kappa shape index (κ3) is 3.30. The van der Waals surface area contributed by atoms with Crippen molar-refractivity contribution in [3.63, 3.8) is 0 Å². The van der Waals surface area contributed by atoms with Gasteiger partial charge in [0.1, 0.15) is 12.1 Å². The monoisotopic (exact) mass is 236 g/mol. The van der Waals surface area contributed by atoms with Crippen LogP contribution in [0.3, 0.4) is 0 Å². The van der Waals surface area contributed by atoms with Crippen LogP contribution in [-0.4, -0.2) is 28.7 Å². The molecule has 1 aromatic heterocycles. The minimum absolute atomic E-state index is 0.217. The summed E-state index contributed by atoms with van der Waals surface area (Å²) in [6.07, 6.45) is 6.17. The minimum atomic E-state index is 0.217. The van der Waals surface area contributed by atoms with Crippen LogP contribution in [0.2, 0.25) is 0 Å². The van der Waals surface area contributed by atoms with E-state index in [-0.39, 0.29) is 6.04 Å². The maximum Gasteiger partial charge on any atom is 0.218 e. The van der Waals surface area contributed by atoms with Crippen molar-refractivity contribution in [1.29, 1.82) is 0 Å². The van der Waals surface area contributed by atoms with Gasteiger partial charge in [-0.2, -0.15) is 0 Å². The number of anilines is 1. The lowest BCUT2D eigenvalue weighted by Gasteiger charge is -2.29. The lowest BCUT2D eigenvalue weighted by molar-refractivity contribution is 0.326. The average molecular weight is 236 g/mol. The fourth-order valence-corrected chi connectivity index (χ4v) is 2.17. The molecular weight excluding hydrogens is 216 g/mol. The molecule has 0 amide bonds. The Labute approximate surface area is 102 Å². The molecule has 0 aromatic carbocycles. The molecular formula is C12H20N4O. The lowest BCUT2D eigenvalue weighted by atomic mass is 9.91. The SMILES string of the molecule is CCOc1cc(N[C@@H]2CCCC[C@H]2N)ncn1. The van der Waals surface area contributed by atoms with Gasteiger partial charge in [0.15, 0.2) is 0 Å². The van der Waals surface area contributed by atoms with E-state index >= 15 is 0 Å². The van der Waals surface area contributed by atoms with Gasteiger partial charge in [0.2, 0.25) is 5.88 Å². The van der Waals surface area contributed by atoms with E-state index in [9.17, 15) is 0 Å². The van der Waals surface area contributed by atoms with Crippen molar-refractivity contribution in [3.05, 3.63) is 12.4 Å². The normalized spacial score (nSPS) is 24.4. The fourth-order valence-electron chi connectivity index (χ4n) is 2.17. The van der Waals surface area contributed by atoms with Crippen molar-refractivity contribution in [3.8, 4) is 5.88 Å². The molecule has 1 saturated carbocycles. The van der Waals surface area contributed by atoms with Gasteiger partial charge >= 0.3 is 0 Å². The molecule has 0 aliphatic heterocycles. The third-order valence-corrected chi connectivity index (χ3v) is 3.09. The van der Waals surface area contributed by atoms with Crippen molar-refractivity contribution < 1.29 is 4.74 Å². The standard InChI is InChI=1S/C12H20N4O/c1-2-17-12-7-11(14-8-15-12)16-10-6-4-3-5-9(10)13/h7-10H,2-6,13H2,1H3,(H,14,15,16)/t9-,10-/m1/s1. The van der Waals surface area contributed by atoms with E-state index in [1.807, 2.05) is 13.0 Å². The molecule has 1 heterocycles. The predicted octanol–water partition coefficient (Wildman–Crippen LogP) is 1.56. The Bertz CT molecular complexity index is 358. The summed E-state index contributed by atoms with van der Waals surface area (Å²) in [5, 5.41) is 3.37. The molecule has 1 fully saturated rings. The summed E-state index contributed by atoms with van der Waals surface area (Å²) in [6, 6.07) is 2.35. The van der Waals surface area contributed by atoms with Gasteiger partial charge < -0.3 is 15.8 Å². The number of aromatic nitrogens is 2. The van der Waals surface area contributed by atoms with E-state index in [4.69, 9.17) is 10.5 Å². The smallest absolute Gasteiger partial charge is 0.218 e. The summed E-state index contributed by atoms with van der Waals surface area (Å²) in [7, 11) is 0. The molecule has 94 valence electrons. The van der Waals surface area contributed by atoms with E-state index in [0.717, 1.165) is 18.7 Å². The number of ether oxygens (including phenoxy) is 1. The molecule has 5 heteroatoms. The molecule has 0 unspecified atom stereocenters. The summed E-state index contributed by atoms with van der Waals surface area (Å²) in [5.41, 5.74) is 6.09. The molecule has 1 aromatic rings. The summed E-state index contributed by atoms with van der Waals surface area (Å²) < 4.78 is 5.34. The zero-order valence-corrected chi connectivity index (χ0v) is 10.2. The highest BCUT2D eigenvalue weighted by Gasteiger charge is 2.21. The van der Waals surface area contributed by atoms with Crippen LogP contribution in [0.4, 0.5) is 5.82 Å². The number of rotatable bonds is 4. The molecule has 17 heavy (non-hydrogen) atoms. The molecule has 3 N–H and O–H groups in total. The van der Waals surface area contributed by atoms with Gasteiger partial charge in [0.05, 0.1) is 6.61 Å². The summed E-state index contributed by atoms with van der Waals surface area (Å²) in [6.45, 7) is 2.55. The second-order valence-corrected chi connectivity index (χ2v) is 4.37. The largest absolute Gasteiger partial charge is 0.478 e. The molecule has 0 radical (unpaired) electrons. The van der Waals surface area contributed by atoms with E-state index in [1.165, 1.54) is 19.2 Å². The molecule has 5 nitrogen and oxygen atoms in total. The first-order chi connectivity index (χ1) is 8.29. The van der Waals surface area contributed by atoms with Crippen LogP contribution in [0.1, 0.15) is 32.6 Å². The molecule has 0 bridgehead atoms. The Balaban J connectivity index is 1.99. The molecule has 0 spiro atoms. The van der Waals surface area contributed by atoms with Gasteiger partial charge in [0, 0.05) is 18.2 Å². The van der Waals surface area contributed by atoms with Crippen LogP contribution < -0.4 is 15.8 Å². The Morgan fingerprint density at radius 1 is 1.41 bits per heavy atom. The minimum Gasteiger partial charge on any atom is -0.478 e. The average Bonchev–Trinajstić information content (AvgIpc) is 2.33. The summed E-state index contributed by atoms with van der Waals surface area (Å²) in [4.78, 5) is 8.23. The lowest BCUT2D eigenvalue weighted by Crippen LogP contribution is -2.42. The second-order valence-electron chi connectivity index (χ2n) is 4.37. The first-order valence-electron chi connectivity index (χ1n) is 6.26. The zero-order chi connectivity index (χ0) is 12.1. The Hall–Kier alpha value is -1.36. The van der Waals surface area contributed by atoms with Crippen LogP contribution in [0.5, 0.6) is 5.88 Å². The summed E-state index contributed by atoms with van der Waals surface area (Å²) >= 11 is 0. The van der Waals surface area contributed by atoms with E-state index in [1.54, 1.807) is 0 Å². The third-order valence-electron chi connectivity index (χ3n) is 3.09. The van der Waals surface area contributed by atoms with E-state index in [2.05, 4.69) is 15.3 Å². The fraction of sp³-hybridized carbons (Fsp3) is 0.667. The Morgan fingerprint density at radius 2 is 2.24 bits per heavy atom. The number of nitrogens with zero attached hydrogens (tertiary/aromatic N) is 2. The van der Waals surface area contributed by atoms with Crippen LogP contribution in [-0.2, 0) is 0 Å². The van der Waals surface area contributed by atoms with Gasteiger partial charge in [-0.15, -0.1) is 0 Å². The van der Waals surface area contributed by atoms with E-state index in [0.29, 0.717) is 18.5 Å². The van der Waals surface area contributed by atoms with Crippen molar-refractivity contribution in [2.45, 2.75) is 44.7 Å². The maximum atomic E-state index is 6.09. The quantitative estimate of drug-likeness (QED) is 0.830. The molecule has 0 saturated heterocycles. The number of hydrogen-bond donors (Lipinski definition) is 2. The van der Waals surface area contributed by atoms with Crippen molar-refractivity contribution in [2.75, 3.05) is 11.9 Å². The van der Waals surface area contributed by atoms with Crippen LogP contribution in [0.15, 0.2) is 12.4 Å². The van der Waals surface area contributed by atoms with Crippen LogP contribution >= 0.6 is 0 Å². The number of nitrogens with one attached hydrogen (secondary N) is 1. The highest BCUT2D eigenvalue weighted by Crippen LogP contribution is 2.21. The maximum absolute atomic E-state index is 6.09. The zero-order valence-electron chi connectivity index (χ0n) is 10.2. The highest BCUT2D eigenvalue weighted by atomic mass is 16.5. The van der Waals surface area contributed by atoms with Gasteiger partial charge in [-0.3, -0.25) is 0 Å². The van der Waals surface area contributed by atoms with Crippen LogP contribution in [0, 0.1) is 0 Å².